The fourth-order valence-corrected chi connectivity index (χ4v) is 2.07. The summed E-state index contributed by atoms with van der Waals surface area (Å²) in [5.41, 5.74) is 1.15. The Bertz CT molecular complexity index is 329. The number of unbranched alkanes of at least 4 members (excludes halogenated alkanes) is 1. The average molecular weight is 251 g/mol. The second-order valence-electron chi connectivity index (χ2n) is 4.45. The van der Waals surface area contributed by atoms with Crippen LogP contribution in [-0.2, 0) is 0 Å². The Morgan fingerprint density at radius 3 is 2.39 bits per heavy atom. The van der Waals surface area contributed by atoms with Gasteiger partial charge in [0.2, 0.25) is 0 Å². The van der Waals surface area contributed by atoms with Gasteiger partial charge in [0, 0.05) is 12.2 Å². The van der Waals surface area contributed by atoms with E-state index in [1.54, 1.807) is 6.08 Å². The molecule has 0 saturated heterocycles. The molecule has 18 heavy (non-hydrogen) atoms. The maximum absolute atomic E-state index is 10.8. The summed E-state index contributed by atoms with van der Waals surface area (Å²) in [4.78, 5) is 10.4. The van der Waals surface area contributed by atoms with Gasteiger partial charge in [0.05, 0.1) is 4.92 Å². The Kier molecular flexibility index (Phi) is 8.89. The molecule has 0 heterocycles. The molecule has 0 aliphatic carbocycles. The highest BCUT2D eigenvalue weighted by atomic mass is 16.6. The van der Waals surface area contributed by atoms with Gasteiger partial charge in [-0.1, -0.05) is 45.8 Å². The normalized spacial score (nSPS) is 14.4. The van der Waals surface area contributed by atoms with E-state index in [1.807, 2.05) is 13.0 Å². The monoisotopic (exact) mass is 251 g/mol. The topological polar surface area (TPSA) is 43.1 Å². The summed E-state index contributed by atoms with van der Waals surface area (Å²) < 4.78 is 0. The van der Waals surface area contributed by atoms with Gasteiger partial charge >= 0.3 is 0 Å². The first kappa shape index (κ1) is 16.6. The summed E-state index contributed by atoms with van der Waals surface area (Å²) in [6.45, 7) is 9.76. The molecule has 0 fully saturated rings. The van der Waals surface area contributed by atoms with Crippen molar-refractivity contribution in [3.05, 3.63) is 46.2 Å². The molecule has 1 unspecified atom stereocenters. The van der Waals surface area contributed by atoms with Crippen molar-refractivity contribution in [3.63, 3.8) is 0 Å². The van der Waals surface area contributed by atoms with Crippen LogP contribution in [0.15, 0.2) is 36.1 Å². The zero-order valence-electron chi connectivity index (χ0n) is 11.8. The van der Waals surface area contributed by atoms with Crippen molar-refractivity contribution in [2.24, 2.45) is 5.92 Å². The van der Waals surface area contributed by atoms with E-state index in [9.17, 15) is 10.1 Å². The third-order valence-corrected chi connectivity index (χ3v) is 3.08. The molecule has 0 radical (unpaired) electrons. The van der Waals surface area contributed by atoms with E-state index in [4.69, 9.17) is 0 Å². The van der Waals surface area contributed by atoms with Crippen LogP contribution in [0.5, 0.6) is 0 Å². The van der Waals surface area contributed by atoms with Crippen LogP contribution in [-0.4, -0.2) is 4.92 Å². The zero-order valence-corrected chi connectivity index (χ0v) is 11.8. The van der Waals surface area contributed by atoms with Gasteiger partial charge in [-0.05, 0) is 31.3 Å². The largest absolute Gasteiger partial charge is 0.269 e. The van der Waals surface area contributed by atoms with Crippen LogP contribution in [0.3, 0.4) is 0 Å². The minimum absolute atomic E-state index is 0.0840. The van der Waals surface area contributed by atoms with Gasteiger partial charge in [0.1, 0.15) is 0 Å². The molecule has 0 aromatic carbocycles. The van der Waals surface area contributed by atoms with E-state index in [0.717, 1.165) is 37.7 Å². The highest BCUT2D eigenvalue weighted by Crippen LogP contribution is 2.25. The molecule has 3 nitrogen and oxygen atoms in total. The van der Waals surface area contributed by atoms with Crippen LogP contribution in [0.4, 0.5) is 0 Å². The predicted octanol–water partition coefficient (Wildman–Crippen LogP) is 4.89. The van der Waals surface area contributed by atoms with E-state index in [0.29, 0.717) is 5.92 Å². The first-order chi connectivity index (χ1) is 8.60. The van der Waals surface area contributed by atoms with Gasteiger partial charge < -0.3 is 0 Å². The molecule has 102 valence electrons. The summed E-state index contributed by atoms with van der Waals surface area (Å²) in [5, 5.41) is 10.8. The Hall–Kier alpha value is -1.38. The summed E-state index contributed by atoms with van der Waals surface area (Å²) in [7, 11) is 0. The molecule has 0 bridgehead atoms. The lowest BCUT2D eigenvalue weighted by molar-refractivity contribution is -0.419. The van der Waals surface area contributed by atoms with Crippen molar-refractivity contribution in [1.29, 1.82) is 0 Å². The van der Waals surface area contributed by atoms with Crippen molar-refractivity contribution < 1.29 is 4.92 Å². The number of nitro groups is 1. The lowest BCUT2D eigenvalue weighted by atomic mass is 9.88. The van der Waals surface area contributed by atoms with Crippen molar-refractivity contribution in [2.45, 2.75) is 52.9 Å². The summed E-state index contributed by atoms with van der Waals surface area (Å²) in [6, 6.07) is 0. The summed E-state index contributed by atoms with van der Waals surface area (Å²) in [6.07, 6.45) is 10.6. The van der Waals surface area contributed by atoms with E-state index < -0.39 is 0 Å². The third kappa shape index (κ3) is 5.80. The number of hydrogen-bond acceptors (Lipinski definition) is 2. The van der Waals surface area contributed by atoms with Crippen LogP contribution in [0.2, 0.25) is 0 Å². The zero-order chi connectivity index (χ0) is 14.0. The van der Waals surface area contributed by atoms with Crippen LogP contribution in [0, 0.1) is 16.0 Å². The number of rotatable bonds is 9. The molecule has 0 rings (SSSR count). The highest BCUT2D eigenvalue weighted by Gasteiger charge is 2.14. The Morgan fingerprint density at radius 2 is 2.00 bits per heavy atom. The van der Waals surface area contributed by atoms with Gasteiger partial charge in [-0.2, -0.15) is 0 Å². The van der Waals surface area contributed by atoms with E-state index >= 15 is 0 Å². The van der Waals surface area contributed by atoms with Crippen molar-refractivity contribution >= 4 is 0 Å². The molecule has 0 spiro atoms. The van der Waals surface area contributed by atoms with Gasteiger partial charge in [-0.3, -0.25) is 10.1 Å². The number of hydrogen-bond donors (Lipinski definition) is 0. The van der Waals surface area contributed by atoms with E-state index in [1.165, 1.54) is 6.08 Å². The van der Waals surface area contributed by atoms with Crippen LogP contribution in [0.1, 0.15) is 52.9 Å². The molecule has 0 aromatic heterocycles. The average Bonchev–Trinajstić information content (AvgIpc) is 2.36. The Balaban J connectivity index is 5.00. The van der Waals surface area contributed by atoms with Crippen molar-refractivity contribution in [3.8, 4) is 0 Å². The molecule has 0 aliphatic heterocycles. The number of allylic oxidation sites excluding steroid dienone is 4. The van der Waals surface area contributed by atoms with Crippen LogP contribution < -0.4 is 0 Å². The van der Waals surface area contributed by atoms with Crippen molar-refractivity contribution in [1.82, 2.24) is 0 Å². The van der Waals surface area contributed by atoms with E-state index in [-0.39, 0.29) is 10.6 Å². The second-order valence-corrected chi connectivity index (χ2v) is 4.45. The SMILES string of the molecule is C=C/C(=C\C(=C/C)C(CCC)CCCC)[N+](=O)[O-]. The summed E-state index contributed by atoms with van der Waals surface area (Å²) in [5.74, 6) is 0.426. The molecule has 0 N–H and O–H groups in total. The molecule has 0 amide bonds. The Labute approximate surface area is 110 Å². The van der Waals surface area contributed by atoms with Crippen LogP contribution >= 0.6 is 0 Å². The predicted molar refractivity (Wildman–Crippen MR) is 77.0 cm³/mol. The molecule has 3 heteroatoms. The quantitative estimate of drug-likeness (QED) is 0.333. The molecule has 1 atom stereocenters. The molecule has 0 saturated carbocycles. The fourth-order valence-electron chi connectivity index (χ4n) is 2.07. The maximum atomic E-state index is 10.8. The minimum Gasteiger partial charge on any atom is -0.258 e. The first-order valence-electron chi connectivity index (χ1n) is 6.75. The first-order valence-corrected chi connectivity index (χ1v) is 6.75. The maximum Gasteiger partial charge on any atom is 0.269 e. The van der Waals surface area contributed by atoms with Gasteiger partial charge in [0.25, 0.3) is 5.70 Å². The second kappa shape index (κ2) is 9.63. The lowest BCUT2D eigenvalue weighted by Crippen LogP contribution is -2.05. The fraction of sp³-hybridized carbons (Fsp3) is 0.600. The third-order valence-electron chi connectivity index (χ3n) is 3.08. The van der Waals surface area contributed by atoms with Gasteiger partial charge in [0.15, 0.2) is 0 Å². The van der Waals surface area contributed by atoms with Gasteiger partial charge in [-0.15, -0.1) is 0 Å². The van der Waals surface area contributed by atoms with E-state index in [2.05, 4.69) is 20.4 Å². The highest BCUT2D eigenvalue weighted by molar-refractivity contribution is 5.27. The summed E-state index contributed by atoms with van der Waals surface area (Å²) >= 11 is 0. The number of nitrogens with zero attached hydrogens (tertiary/aromatic N) is 1. The minimum atomic E-state index is -0.376. The molecule has 0 aromatic rings. The Morgan fingerprint density at radius 1 is 1.33 bits per heavy atom. The molecule has 0 aliphatic rings. The molecular weight excluding hydrogens is 226 g/mol. The standard InChI is InChI=1S/C15H25NO2/c1-5-9-11-14(10-6-2)13(7-3)12-15(8-4)16(17)18/h7-8,12,14H,4-6,9-11H2,1-3H3/b13-7+,15-12+. The van der Waals surface area contributed by atoms with Crippen molar-refractivity contribution in [2.75, 3.05) is 0 Å². The molecular formula is C15H25NO2. The smallest absolute Gasteiger partial charge is 0.258 e. The van der Waals surface area contributed by atoms with Gasteiger partial charge in [-0.25, -0.2) is 0 Å². The van der Waals surface area contributed by atoms with Crippen LogP contribution in [0.25, 0.3) is 0 Å². The lowest BCUT2D eigenvalue weighted by Gasteiger charge is -2.17.